The van der Waals surface area contributed by atoms with E-state index in [1.807, 2.05) is 4.90 Å². The zero-order chi connectivity index (χ0) is 13.8. The summed E-state index contributed by atoms with van der Waals surface area (Å²) in [6, 6.07) is 0.0497. The summed E-state index contributed by atoms with van der Waals surface area (Å²) in [5, 5.41) is 8.78. The Kier molecular flexibility index (Phi) is 4.29. The Labute approximate surface area is 111 Å². The van der Waals surface area contributed by atoms with E-state index in [0.717, 1.165) is 25.8 Å². The van der Waals surface area contributed by atoms with E-state index >= 15 is 0 Å². The van der Waals surface area contributed by atoms with Crippen molar-refractivity contribution in [3.8, 4) is 0 Å². The summed E-state index contributed by atoms with van der Waals surface area (Å²) in [4.78, 5) is 20.4. The molecule has 19 heavy (non-hydrogen) atoms. The van der Waals surface area contributed by atoms with Crippen molar-refractivity contribution in [1.82, 2.24) is 9.97 Å². The number of aromatic nitrogens is 2. The van der Waals surface area contributed by atoms with Gasteiger partial charge in [-0.25, -0.2) is 14.4 Å². The fourth-order valence-corrected chi connectivity index (χ4v) is 2.52. The van der Waals surface area contributed by atoms with Crippen molar-refractivity contribution < 1.29 is 14.3 Å². The quantitative estimate of drug-likeness (QED) is 0.905. The molecule has 1 aromatic rings. The van der Waals surface area contributed by atoms with Crippen molar-refractivity contribution in [2.24, 2.45) is 0 Å². The van der Waals surface area contributed by atoms with Crippen LogP contribution >= 0.6 is 0 Å². The third-order valence-corrected chi connectivity index (χ3v) is 3.54. The highest BCUT2D eigenvalue weighted by atomic mass is 19.1. The number of aryl methyl sites for hydroxylation is 1. The Morgan fingerprint density at radius 2 is 2.32 bits per heavy atom. The minimum absolute atomic E-state index is 0.0497. The number of piperidine rings is 1. The van der Waals surface area contributed by atoms with Crippen molar-refractivity contribution in [3.63, 3.8) is 0 Å². The van der Waals surface area contributed by atoms with E-state index in [4.69, 9.17) is 5.11 Å². The molecule has 6 heteroatoms. The van der Waals surface area contributed by atoms with Crippen LogP contribution in [0, 0.1) is 12.7 Å². The predicted molar refractivity (Wildman–Crippen MR) is 68.6 cm³/mol. The summed E-state index contributed by atoms with van der Waals surface area (Å²) in [6.07, 6.45) is 4.90. The number of rotatable bonds is 4. The second kappa shape index (κ2) is 5.95. The molecule has 2 rings (SSSR count). The molecule has 0 radical (unpaired) electrons. The molecule has 1 unspecified atom stereocenters. The molecular formula is C13H18FN3O2. The van der Waals surface area contributed by atoms with Gasteiger partial charge in [0.25, 0.3) is 0 Å². The summed E-state index contributed by atoms with van der Waals surface area (Å²) in [7, 11) is 0. The van der Waals surface area contributed by atoms with E-state index in [0.29, 0.717) is 17.9 Å². The molecule has 0 bridgehead atoms. The molecule has 0 amide bonds. The Morgan fingerprint density at radius 1 is 1.53 bits per heavy atom. The van der Waals surface area contributed by atoms with Crippen LogP contribution in [-0.4, -0.2) is 33.6 Å². The Morgan fingerprint density at radius 3 is 3.05 bits per heavy atom. The maximum absolute atomic E-state index is 14.1. The molecule has 1 N–H and O–H groups in total. The van der Waals surface area contributed by atoms with Crippen LogP contribution in [0.1, 0.15) is 37.8 Å². The van der Waals surface area contributed by atoms with Crippen LogP contribution in [0.5, 0.6) is 0 Å². The van der Waals surface area contributed by atoms with Crippen LogP contribution in [0.2, 0.25) is 0 Å². The van der Waals surface area contributed by atoms with E-state index in [1.165, 1.54) is 6.33 Å². The summed E-state index contributed by atoms with van der Waals surface area (Å²) in [5.74, 6) is -0.905. The van der Waals surface area contributed by atoms with Crippen molar-refractivity contribution in [1.29, 1.82) is 0 Å². The fraction of sp³-hybridized carbons (Fsp3) is 0.615. The fourth-order valence-electron chi connectivity index (χ4n) is 2.52. The van der Waals surface area contributed by atoms with Gasteiger partial charge in [0.2, 0.25) is 0 Å². The molecule has 0 aromatic carbocycles. The van der Waals surface area contributed by atoms with Gasteiger partial charge in [0.05, 0.1) is 5.69 Å². The molecule has 1 atom stereocenters. The van der Waals surface area contributed by atoms with Crippen LogP contribution < -0.4 is 4.90 Å². The molecule has 1 saturated heterocycles. The van der Waals surface area contributed by atoms with E-state index in [1.54, 1.807) is 6.92 Å². The summed E-state index contributed by atoms with van der Waals surface area (Å²) in [6.45, 7) is 2.33. The monoisotopic (exact) mass is 267 g/mol. The standard InChI is InChI=1S/C13H18FN3O2/c1-9-12(14)13(16-8-15-9)17-7-3-2-4-10(17)5-6-11(18)19/h8,10H,2-7H2,1H3,(H,18,19). The number of aliphatic carboxylic acids is 1. The largest absolute Gasteiger partial charge is 0.481 e. The van der Waals surface area contributed by atoms with E-state index in [9.17, 15) is 9.18 Å². The summed E-state index contributed by atoms with van der Waals surface area (Å²) in [5.41, 5.74) is 0.326. The second-order valence-electron chi connectivity index (χ2n) is 4.87. The second-order valence-corrected chi connectivity index (χ2v) is 4.87. The molecule has 2 heterocycles. The third kappa shape index (κ3) is 3.19. The average Bonchev–Trinajstić information content (AvgIpc) is 2.40. The van der Waals surface area contributed by atoms with Gasteiger partial charge in [-0.2, -0.15) is 0 Å². The first-order valence-corrected chi connectivity index (χ1v) is 6.55. The lowest BCUT2D eigenvalue weighted by Crippen LogP contribution is -2.41. The highest BCUT2D eigenvalue weighted by Crippen LogP contribution is 2.28. The first kappa shape index (κ1) is 13.7. The lowest BCUT2D eigenvalue weighted by atomic mass is 9.98. The minimum Gasteiger partial charge on any atom is -0.481 e. The van der Waals surface area contributed by atoms with Gasteiger partial charge < -0.3 is 10.0 Å². The first-order chi connectivity index (χ1) is 9.09. The smallest absolute Gasteiger partial charge is 0.303 e. The highest BCUT2D eigenvalue weighted by Gasteiger charge is 2.26. The number of carboxylic acids is 1. The topological polar surface area (TPSA) is 66.3 Å². The molecule has 5 nitrogen and oxygen atoms in total. The number of nitrogens with zero attached hydrogens (tertiary/aromatic N) is 3. The number of hydrogen-bond acceptors (Lipinski definition) is 4. The summed E-state index contributed by atoms with van der Waals surface area (Å²) < 4.78 is 14.1. The van der Waals surface area contributed by atoms with Gasteiger partial charge in [0, 0.05) is 19.0 Å². The van der Waals surface area contributed by atoms with E-state index in [-0.39, 0.29) is 12.5 Å². The van der Waals surface area contributed by atoms with Crippen LogP contribution in [-0.2, 0) is 4.79 Å². The minimum atomic E-state index is -0.815. The highest BCUT2D eigenvalue weighted by molar-refractivity contribution is 5.66. The predicted octanol–water partition coefficient (Wildman–Crippen LogP) is 2.15. The number of anilines is 1. The zero-order valence-electron chi connectivity index (χ0n) is 11.0. The van der Waals surface area contributed by atoms with Gasteiger partial charge in [-0.1, -0.05) is 0 Å². The molecular weight excluding hydrogens is 249 g/mol. The molecule has 1 aliphatic rings. The lowest BCUT2D eigenvalue weighted by molar-refractivity contribution is -0.137. The number of carboxylic acid groups (broad SMARTS) is 1. The molecule has 104 valence electrons. The maximum Gasteiger partial charge on any atom is 0.303 e. The van der Waals surface area contributed by atoms with E-state index < -0.39 is 11.8 Å². The van der Waals surface area contributed by atoms with Crippen LogP contribution in [0.15, 0.2) is 6.33 Å². The van der Waals surface area contributed by atoms with Gasteiger partial charge in [-0.15, -0.1) is 0 Å². The molecule has 0 spiro atoms. The van der Waals surface area contributed by atoms with Crippen molar-refractivity contribution in [3.05, 3.63) is 17.8 Å². The van der Waals surface area contributed by atoms with Crippen LogP contribution in [0.25, 0.3) is 0 Å². The van der Waals surface area contributed by atoms with Gasteiger partial charge in [-0.3, -0.25) is 4.79 Å². The zero-order valence-corrected chi connectivity index (χ0v) is 11.0. The van der Waals surface area contributed by atoms with Crippen molar-refractivity contribution in [2.75, 3.05) is 11.4 Å². The maximum atomic E-state index is 14.1. The molecule has 0 saturated carbocycles. The number of hydrogen-bond donors (Lipinski definition) is 1. The first-order valence-electron chi connectivity index (χ1n) is 6.55. The third-order valence-electron chi connectivity index (χ3n) is 3.54. The number of halogens is 1. The Hall–Kier alpha value is -1.72. The van der Waals surface area contributed by atoms with Crippen molar-refractivity contribution in [2.45, 2.75) is 45.1 Å². The SMILES string of the molecule is Cc1ncnc(N2CCCCC2CCC(=O)O)c1F. The van der Waals surface area contributed by atoms with Gasteiger partial charge in [0.15, 0.2) is 11.6 Å². The van der Waals surface area contributed by atoms with Crippen molar-refractivity contribution >= 4 is 11.8 Å². The lowest BCUT2D eigenvalue weighted by Gasteiger charge is -2.36. The van der Waals surface area contributed by atoms with Gasteiger partial charge >= 0.3 is 5.97 Å². The average molecular weight is 267 g/mol. The van der Waals surface area contributed by atoms with Crippen LogP contribution in [0.4, 0.5) is 10.2 Å². The Bertz CT molecular complexity index is 467. The van der Waals surface area contributed by atoms with Crippen LogP contribution in [0.3, 0.4) is 0 Å². The molecule has 0 aliphatic carbocycles. The number of carbonyl (C=O) groups is 1. The normalized spacial score (nSPS) is 19.5. The Balaban J connectivity index is 2.19. The van der Waals surface area contributed by atoms with E-state index in [2.05, 4.69) is 9.97 Å². The molecule has 1 aliphatic heterocycles. The van der Waals surface area contributed by atoms with Gasteiger partial charge in [-0.05, 0) is 32.6 Å². The molecule has 1 aromatic heterocycles. The molecule has 1 fully saturated rings. The van der Waals surface area contributed by atoms with Gasteiger partial charge in [0.1, 0.15) is 6.33 Å². The summed E-state index contributed by atoms with van der Waals surface area (Å²) >= 11 is 0.